The van der Waals surface area contributed by atoms with Crippen LogP contribution in [0.3, 0.4) is 0 Å². The maximum Gasteiger partial charge on any atom is 0.407 e. The molecule has 0 heterocycles. The van der Waals surface area contributed by atoms with Crippen LogP contribution in [0.2, 0.25) is 0 Å². The summed E-state index contributed by atoms with van der Waals surface area (Å²) in [5, 5.41) is 18.0. The Hall–Kier alpha value is -1.57. The largest absolute Gasteiger partial charge is 0.481 e. The molecular weight excluding hydrogens is 366 g/mol. The molecule has 0 saturated carbocycles. The lowest BCUT2D eigenvalue weighted by atomic mass is 10.1. The Balaban J connectivity index is 3.35. The summed E-state index contributed by atoms with van der Waals surface area (Å²) in [5.74, 6) is -0.700. The Bertz CT molecular complexity index is 439. The highest BCUT2D eigenvalue weighted by molar-refractivity contribution is 7.80. The monoisotopic (exact) mass is 403 g/mol. The van der Waals surface area contributed by atoms with Crippen LogP contribution in [0.5, 0.6) is 0 Å². The van der Waals surface area contributed by atoms with Gasteiger partial charge in [0.25, 0.3) is 0 Å². The molecule has 0 aromatic carbocycles. The van der Waals surface area contributed by atoms with Gasteiger partial charge in [-0.15, -0.1) is 0 Å². The molecule has 0 unspecified atom stereocenters. The first-order chi connectivity index (χ1) is 12.7. The maximum atomic E-state index is 11.5. The third-order valence-corrected chi connectivity index (χ3v) is 3.97. The normalized spacial score (nSPS) is 10.9. The van der Waals surface area contributed by atoms with Crippen LogP contribution in [-0.2, 0) is 9.53 Å². The molecule has 0 aliphatic rings. The standard InChI is InChI=1S/C19H37N3O4S/c1-19(2,3)26-18(25)22-15-14-21-17(27)20-13-11-9-7-5-4-6-8-10-12-16(23)24/h4-15H2,1-3H3,(H,22,25)(H,23,24)(H2,20,21,27). The second kappa shape index (κ2) is 15.5. The molecule has 8 heteroatoms. The summed E-state index contributed by atoms with van der Waals surface area (Å²) in [6.07, 6.45) is 8.58. The van der Waals surface area contributed by atoms with E-state index >= 15 is 0 Å². The average Bonchev–Trinajstić information content (AvgIpc) is 2.54. The first kappa shape index (κ1) is 25.4. The van der Waals surface area contributed by atoms with E-state index in [9.17, 15) is 9.59 Å². The van der Waals surface area contributed by atoms with Crippen molar-refractivity contribution in [1.82, 2.24) is 16.0 Å². The Morgan fingerprint density at radius 2 is 1.30 bits per heavy atom. The predicted octanol–water partition coefficient (Wildman–Crippen LogP) is 3.57. The number of aliphatic carboxylic acids is 1. The first-order valence-electron chi connectivity index (χ1n) is 9.91. The number of amides is 1. The van der Waals surface area contributed by atoms with Gasteiger partial charge in [0.15, 0.2) is 5.11 Å². The number of hydrogen-bond donors (Lipinski definition) is 4. The van der Waals surface area contributed by atoms with Crippen molar-refractivity contribution in [1.29, 1.82) is 0 Å². The molecule has 0 aliphatic carbocycles. The summed E-state index contributed by atoms with van der Waals surface area (Å²) in [6.45, 7) is 7.31. The SMILES string of the molecule is CC(C)(C)OC(=O)NCCNC(=S)NCCCCCCCCCCC(=O)O. The van der Waals surface area contributed by atoms with Gasteiger partial charge in [0.05, 0.1) is 0 Å². The molecule has 0 spiro atoms. The molecule has 0 atom stereocenters. The van der Waals surface area contributed by atoms with Gasteiger partial charge in [0, 0.05) is 26.1 Å². The van der Waals surface area contributed by atoms with Crippen LogP contribution in [0, 0.1) is 0 Å². The summed E-state index contributed by atoms with van der Waals surface area (Å²) in [4.78, 5) is 21.9. The molecule has 0 saturated heterocycles. The second-order valence-corrected chi connectivity index (χ2v) is 7.99. The van der Waals surface area contributed by atoms with Gasteiger partial charge in [0.2, 0.25) is 0 Å². The zero-order valence-electron chi connectivity index (χ0n) is 17.1. The van der Waals surface area contributed by atoms with Crippen LogP contribution in [0.1, 0.15) is 78.6 Å². The fourth-order valence-corrected chi connectivity index (χ4v) is 2.59. The number of carbonyl (C=O) groups excluding carboxylic acids is 1. The smallest absolute Gasteiger partial charge is 0.407 e. The minimum atomic E-state index is -0.700. The molecule has 0 bridgehead atoms. The van der Waals surface area contributed by atoms with Crippen molar-refractivity contribution < 1.29 is 19.4 Å². The highest BCUT2D eigenvalue weighted by Gasteiger charge is 2.15. The van der Waals surface area contributed by atoms with Gasteiger partial charge >= 0.3 is 12.1 Å². The molecule has 0 radical (unpaired) electrons. The Morgan fingerprint density at radius 1 is 0.815 bits per heavy atom. The first-order valence-corrected chi connectivity index (χ1v) is 10.3. The predicted molar refractivity (Wildman–Crippen MR) is 112 cm³/mol. The quantitative estimate of drug-likeness (QED) is 0.260. The van der Waals surface area contributed by atoms with Gasteiger partial charge < -0.3 is 25.8 Å². The summed E-state index contributed by atoms with van der Waals surface area (Å²) in [7, 11) is 0. The van der Waals surface area contributed by atoms with Crippen molar-refractivity contribution in [2.24, 2.45) is 0 Å². The molecule has 0 fully saturated rings. The van der Waals surface area contributed by atoms with E-state index in [1.54, 1.807) is 0 Å². The van der Waals surface area contributed by atoms with Crippen LogP contribution in [0.15, 0.2) is 0 Å². The molecule has 7 nitrogen and oxygen atoms in total. The number of rotatable bonds is 14. The third kappa shape index (κ3) is 20.6. The fraction of sp³-hybridized carbons (Fsp3) is 0.842. The van der Waals surface area contributed by atoms with Crippen molar-refractivity contribution in [3.05, 3.63) is 0 Å². The minimum absolute atomic E-state index is 0.288. The number of ether oxygens (including phenoxy) is 1. The van der Waals surface area contributed by atoms with Gasteiger partial charge in [-0.2, -0.15) is 0 Å². The van der Waals surface area contributed by atoms with E-state index in [1.165, 1.54) is 19.3 Å². The number of nitrogens with one attached hydrogen (secondary N) is 3. The van der Waals surface area contributed by atoms with Crippen molar-refractivity contribution in [2.75, 3.05) is 19.6 Å². The maximum absolute atomic E-state index is 11.5. The number of thiocarbonyl (C=S) groups is 1. The van der Waals surface area contributed by atoms with E-state index in [0.29, 0.717) is 18.2 Å². The van der Waals surface area contributed by atoms with E-state index in [-0.39, 0.29) is 6.42 Å². The van der Waals surface area contributed by atoms with E-state index in [4.69, 9.17) is 22.1 Å². The number of carboxylic acid groups (broad SMARTS) is 1. The van der Waals surface area contributed by atoms with Crippen LogP contribution >= 0.6 is 12.2 Å². The van der Waals surface area contributed by atoms with Gasteiger partial charge in [-0.25, -0.2) is 4.79 Å². The molecular formula is C19H37N3O4S. The van der Waals surface area contributed by atoms with Crippen LogP contribution in [-0.4, -0.2) is 47.5 Å². The molecule has 0 aromatic rings. The molecule has 0 rings (SSSR count). The third-order valence-electron chi connectivity index (χ3n) is 3.68. The summed E-state index contributed by atoms with van der Waals surface area (Å²) < 4.78 is 5.14. The van der Waals surface area contributed by atoms with Crippen molar-refractivity contribution in [3.8, 4) is 0 Å². The van der Waals surface area contributed by atoms with E-state index in [2.05, 4.69) is 16.0 Å². The number of alkyl carbamates (subject to hydrolysis) is 1. The van der Waals surface area contributed by atoms with Crippen molar-refractivity contribution in [2.45, 2.75) is 84.2 Å². The van der Waals surface area contributed by atoms with Crippen LogP contribution < -0.4 is 16.0 Å². The summed E-state index contributed by atoms with van der Waals surface area (Å²) >= 11 is 5.19. The molecule has 4 N–H and O–H groups in total. The highest BCUT2D eigenvalue weighted by Crippen LogP contribution is 2.09. The molecule has 158 valence electrons. The van der Waals surface area contributed by atoms with Crippen LogP contribution in [0.25, 0.3) is 0 Å². The van der Waals surface area contributed by atoms with Gasteiger partial charge in [-0.1, -0.05) is 38.5 Å². The number of carboxylic acids is 1. The Kier molecular flexibility index (Phi) is 14.6. The van der Waals surface area contributed by atoms with E-state index in [0.717, 1.165) is 38.6 Å². The van der Waals surface area contributed by atoms with Gasteiger partial charge in [0.1, 0.15) is 5.60 Å². The zero-order chi connectivity index (χ0) is 20.5. The molecule has 0 aliphatic heterocycles. The lowest BCUT2D eigenvalue weighted by Gasteiger charge is -2.19. The van der Waals surface area contributed by atoms with Crippen molar-refractivity contribution in [3.63, 3.8) is 0 Å². The number of unbranched alkanes of at least 4 members (excludes halogenated alkanes) is 7. The number of hydrogen-bond acceptors (Lipinski definition) is 4. The molecule has 1 amide bonds. The second-order valence-electron chi connectivity index (χ2n) is 7.58. The minimum Gasteiger partial charge on any atom is -0.481 e. The lowest BCUT2D eigenvalue weighted by Crippen LogP contribution is -2.41. The topological polar surface area (TPSA) is 99.7 Å². The summed E-state index contributed by atoms with van der Waals surface area (Å²) in [5.41, 5.74) is -0.491. The Morgan fingerprint density at radius 3 is 1.85 bits per heavy atom. The number of carbonyl (C=O) groups is 2. The van der Waals surface area contributed by atoms with Gasteiger partial charge in [-0.05, 0) is 45.8 Å². The highest BCUT2D eigenvalue weighted by atomic mass is 32.1. The molecule has 27 heavy (non-hydrogen) atoms. The van der Waals surface area contributed by atoms with E-state index in [1.807, 2.05) is 20.8 Å². The summed E-state index contributed by atoms with van der Waals surface area (Å²) in [6, 6.07) is 0. The van der Waals surface area contributed by atoms with E-state index < -0.39 is 17.7 Å². The van der Waals surface area contributed by atoms with Crippen LogP contribution in [0.4, 0.5) is 4.79 Å². The molecule has 0 aromatic heterocycles. The Labute approximate surface area is 169 Å². The van der Waals surface area contributed by atoms with Gasteiger partial charge in [-0.3, -0.25) is 4.79 Å². The average molecular weight is 404 g/mol. The lowest BCUT2D eigenvalue weighted by molar-refractivity contribution is -0.137. The van der Waals surface area contributed by atoms with Crippen molar-refractivity contribution >= 4 is 29.4 Å². The fourth-order valence-electron chi connectivity index (χ4n) is 2.38. The zero-order valence-corrected chi connectivity index (χ0v) is 17.9.